The zero-order valence-electron chi connectivity index (χ0n) is 14.5. The van der Waals surface area contributed by atoms with Crippen LogP contribution in [-0.4, -0.2) is 24.2 Å². The first-order valence-electron chi connectivity index (χ1n) is 9.08. The SMILES string of the molecule is CC[C@H]1C=C(c2ccc([N+](=O)[O-])cc2)O[C@H]([NH+]2CCCCC2)[C@@H]1C. The minimum atomic E-state index is -0.364. The predicted molar refractivity (Wildman–Crippen MR) is 93.4 cm³/mol. The van der Waals surface area contributed by atoms with E-state index in [1.807, 2.05) is 0 Å². The summed E-state index contributed by atoms with van der Waals surface area (Å²) in [5.41, 5.74) is 1.06. The van der Waals surface area contributed by atoms with Crippen molar-refractivity contribution in [2.45, 2.75) is 45.8 Å². The van der Waals surface area contributed by atoms with Crippen molar-refractivity contribution in [3.63, 3.8) is 0 Å². The summed E-state index contributed by atoms with van der Waals surface area (Å²) in [5.74, 6) is 1.87. The smallest absolute Gasteiger partial charge is 0.269 e. The van der Waals surface area contributed by atoms with Gasteiger partial charge in [-0.05, 0) is 49.8 Å². The number of nitro groups is 1. The highest BCUT2D eigenvalue weighted by Gasteiger charge is 2.38. The van der Waals surface area contributed by atoms with Crippen LogP contribution in [0.1, 0.15) is 45.1 Å². The molecule has 2 aliphatic rings. The van der Waals surface area contributed by atoms with Crippen molar-refractivity contribution in [2.24, 2.45) is 11.8 Å². The Morgan fingerprint density at radius 3 is 2.46 bits per heavy atom. The maximum absolute atomic E-state index is 10.8. The molecule has 0 saturated carbocycles. The maximum Gasteiger partial charge on any atom is 0.269 e. The molecule has 0 unspecified atom stereocenters. The van der Waals surface area contributed by atoms with E-state index >= 15 is 0 Å². The van der Waals surface area contributed by atoms with Crippen molar-refractivity contribution in [1.82, 2.24) is 0 Å². The Morgan fingerprint density at radius 1 is 1.21 bits per heavy atom. The number of rotatable bonds is 4. The number of non-ortho nitro benzene ring substituents is 1. The number of quaternary nitrogens is 1. The Hall–Kier alpha value is -1.88. The van der Waals surface area contributed by atoms with Crippen LogP contribution in [0.15, 0.2) is 30.3 Å². The average molecular weight is 331 g/mol. The fourth-order valence-corrected chi connectivity index (χ4v) is 4.00. The van der Waals surface area contributed by atoms with Gasteiger partial charge in [0.2, 0.25) is 6.23 Å². The lowest BCUT2D eigenvalue weighted by molar-refractivity contribution is -0.955. The molecule has 1 aromatic rings. The largest absolute Gasteiger partial charge is 0.442 e. The van der Waals surface area contributed by atoms with E-state index in [4.69, 9.17) is 4.74 Å². The van der Waals surface area contributed by atoms with Crippen LogP contribution in [0.4, 0.5) is 5.69 Å². The second kappa shape index (κ2) is 7.34. The van der Waals surface area contributed by atoms with E-state index in [0.29, 0.717) is 11.8 Å². The quantitative estimate of drug-likeness (QED) is 0.681. The van der Waals surface area contributed by atoms with Crippen LogP contribution < -0.4 is 4.90 Å². The average Bonchev–Trinajstić information content (AvgIpc) is 2.62. The van der Waals surface area contributed by atoms with Gasteiger partial charge in [0.1, 0.15) is 5.76 Å². The number of allylic oxidation sites excluding steroid dienone is 1. The summed E-state index contributed by atoms with van der Waals surface area (Å²) in [6.07, 6.45) is 7.36. The van der Waals surface area contributed by atoms with Crippen LogP contribution in [0.3, 0.4) is 0 Å². The number of benzene rings is 1. The monoisotopic (exact) mass is 331 g/mol. The molecule has 5 nitrogen and oxygen atoms in total. The Balaban J connectivity index is 1.84. The Kier molecular flexibility index (Phi) is 5.19. The van der Waals surface area contributed by atoms with Crippen LogP contribution in [-0.2, 0) is 4.74 Å². The molecule has 3 rings (SSSR count). The Labute approximate surface area is 143 Å². The molecule has 5 heteroatoms. The number of nitrogens with one attached hydrogen (secondary N) is 1. The lowest BCUT2D eigenvalue weighted by Crippen LogP contribution is -3.17. The van der Waals surface area contributed by atoms with Gasteiger partial charge in [-0.25, -0.2) is 0 Å². The number of hydrogen-bond donors (Lipinski definition) is 1. The van der Waals surface area contributed by atoms with Crippen molar-refractivity contribution in [1.29, 1.82) is 0 Å². The molecule has 0 radical (unpaired) electrons. The fraction of sp³-hybridized carbons (Fsp3) is 0.579. The molecule has 130 valence electrons. The molecule has 2 heterocycles. The summed E-state index contributed by atoms with van der Waals surface area (Å²) < 4.78 is 6.41. The number of likely N-dealkylation sites (tertiary alicyclic amines) is 1. The fourth-order valence-electron chi connectivity index (χ4n) is 4.00. The zero-order valence-corrected chi connectivity index (χ0v) is 14.5. The van der Waals surface area contributed by atoms with Crippen molar-refractivity contribution in [3.05, 3.63) is 46.0 Å². The lowest BCUT2D eigenvalue weighted by Gasteiger charge is -2.40. The normalized spacial score (nSPS) is 28.1. The molecule has 3 atom stereocenters. The van der Waals surface area contributed by atoms with E-state index in [2.05, 4.69) is 19.9 Å². The summed E-state index contributed by atoms with van der Waals surface area (Å²) in [6, 6.07) is 6.72. The van der Waals surface area contributed by atoms with Gasteiger partial charge < -0.3 is 4.74 Å². The molecule has 0 aliphatic carbocycles. The number of hydrogen-bond acceptors (Lipinski definition) is 3. The molecule has 1 saturated heterocycles. The van der Waals surface area contributed by atoms with Crippen LogP contribution in [0.25, 0.3) is 5.76 Å². The first-order valence-corrected chi connectivity index (χ1v) is 9.08. The number of ether oxygens (including phenoxy) is 1. The molecule has 1 aromatic carbocycles. The first kappa shape index (κ1) is 17.0. The van der Waals surface area contributed by atoms with Crippen molar-refractivity contribution < 1.29 is 14.6 Å². The minimum absolute atomic E-state index is 0.119. The van der Waals surface area contributed by atoms with E-state index in [1.165, 1.54) is 32.4 Å². The molecule has 0 aromatic heterocycles. The van der Waals surface area contributed by atoms with Gasteiger partial charge in [0, 0.05) is 17.7 Å². The summed E-state index contributed by atoms with van der Waals surface area (Å²) in [7, 11) is 0. The molecule has 2 aliphatic heterocycles. The van der Waals surface area contributed by atoms with Gasteiger partial charge in [0.25, 0.3) is 5.69 Å². The Bertz CT molecular complexity index is 606. The summed E-state index contributed by atoms with van der Waals surface area (Å²) >= 11 is 0. The molecule has 1 fully saturated rings. The molecule has 0 bridgehead atoms. The van der Waals surface area contributed by atoms with Crippen LogP contribution in [0.2, 0.25) is 0 Å². The van der Waals surface area contributed by atoms with Gasteiger partial charge in [-0.2, -0.15) is 0 Å². The molecule has 1 N–H and O–H groups in total. The third kappa shape index (κ3) is 3.46. The minimum Gasteiger partial charge on any atom is -0.442 e. The molecule has 24 heavy (non-hydrogen) atoms. The summed E-state index contributed by atoms with van der Waals surface area (Å²) in [4.78, 5) is 12.0. The highest BCUT2D eigenvalue weighted by atomic mass is 16.6. The Morgan fingerprint density at radius 2 is 1.88 bits per heavy atom. The molecular formula is C19H27N2O3+. The summed E-state index contributed by atoms with van der Waals surface area (Å²) in [5, 5.41) is 10.8. The zero-order chi connectivity index (χ0) is 17.1. The molecule has 0 amide bonds. The third-order valence-corrected chi connectivity index (χ3v) is 5.50. The van der Waals surface area contributed by atoms with Crippen molar-refractivity contribution >= 4 is 11.4 Å². The summed E-state index contributed by atoms with van der Waals surface area (Å²) in [6.45, 7) is 6.88. The molecule has 0 spiro atoms. The number of piperidine rings is 1. The van der Waals surface area contributed by atoms with E-state index in [9.17, 15) is 10.1 Å². The van der Waals surface area contributed by atoms with E-state index in [-0.39, 0.29) is 16.8 Å². The highest BCUT2D eigenvalue weighted by Crippen LogP contribution is 2.33. The van der Waals surface area contributed by atoms with E-state index in [0.717, 1.165) is 17.7 Å². The van der Waals surface area contributed by atoms with Gasteiger partial charge in [-0.3, -0.25) is 15.0 Å². The lowest BCUT2D eigenvalue weighted by atomic mass is 9.85. The van der Waals surface area contributed by atoms with Crippen LogP contribution in [0, 0.1) is 22.0 Å². The van der Waals surface area contributed by atoms with Gasteiger partial charge in [0.05, 0.1) is 23.9 Å². The molecular weight excluding hydrogens is 304 g/mol. The van der Waals surface area contributed by atoms with Crippen LogP contribution >= 0.6 is 0 Å². The number of nitrogens with zero attached hydrogens (tertiary/aromatic N) is 1. The van der Waals surface area contributed by atoms with E-state index < -0.39 is 0 Å². The van der Waals surface area contributed by atoms with Gasteiger partial charge in [-0.1, -0.05) is 13.8 Å². The van der Waals surface area contributed by atoms with Crippen molar-refractivity contribution in [2.75, 3.05) is 13.1 Å². The second-order valence-electron chi connectivity index (χ2n) is 7.02. The van der Waals surface area contributed by atoms with Crippen molar-refractivity contribution in [3.8, 4) is 0 Å². The number of nitro benzene ring substituents is 1. The first-order chi connectivity index (χ1) is 11.6. The third-order valence-electron chi connectivity index (χ3n) is 5.50. The maximum atomic E-state index is 10.8. The van der Waals surface area contributed by atoms with Gasteiger partial charge in [-0.15, -0.1) is 0 Å². The van der Waals surface area contributed by atoms with E-state index in [1.54, 1.807) is 29.2 Å². The van der Waals surface area contributed by atoms with Gasteiger partial charge >= 0.3 is 0 Å². The topological polar surface area (TPSA) is 56.8 Å². The van der Waals surface area contributed by atoms with Crippen LogP contribution in [0.5, 0.6) is 0 Å². The standard InChI is InChI=1S/C19H26N2O3/c1-3-15-13-18(16-7-9-17(10-8-16)21(22)23)24-19(14(15)2)20-11-5-4-6-12-20/h7-10,13-15,19H,3-6,11-12H2,1-2H3/p+1/t14-,15+,19+/m1/s1. The van der Waals surface area contributed by atoms with Gasteiger partial charge in [0.15, 0.2) is 0 Å². The highest BCUT2D eigenvalue weighted by molar-refractivity contribution is 5.62. The second-order valence-corrected chi connectivity index (χ2v) is 7.02. The predicted octanol–water partition coefficient (Wildman–Crippen LogP) is 3.02.